The molecule has 66 valence electrons. The lowest BCUT2D eigenvalue weighted by atomic mass is 10.4. The van der Waals surface area contributed by atoms with Crippen molar-refractivity contribution in [3.8, 4) is 0 Å². The zero-order valence-corrected chi connectivity index (χ0v) is 8.16. The second kappa shape index (κ2) is 6.82. The molecule has 0 fully saturated rings. The average molecular weight is 195 g/mol. The third-order valence-electron chi connectivity index (χ3n) is 1.03. The van der Waals surface area contributed by atoms with Crippen LogP contribution in [-0.2, 0) is 9.53 Å². The molecule has 0 unspecified atom stereocenters. The summed E-state index contributed by atoms with van der Waals surface area (Å²) in [5, 5.41) is 0. The second-order valence-electron chi connectivity index (χ2n) is 1.95. The van der Waals surface area contributed by atoms with Crippen molar-refractivity contribution >= 4 is 30.4 Å². The Morgan fingerprint density at radius 3 is 2.91 bits per heavy atom. The fourth-order valence-corrected chi connectivity index (χ4v) is 0.806. The molecule has 0 aliphatic rings. The van der Waals surface area contributed by atoms with E-state index in [2.05, 4.69) is 12.6 Å². The summed E-state index contributed by atoms with van der Waals surface area (Å²) in [4.78, 5) is 10.8. The van der Waals surface area contributed by atoms with E-state index in [1.165, 1.54) is 0 Å². The van der Waals surface area contributed by atoms with Gasteiger partial charge < -0.3 is 10.5 Å². The van der Waals surface area contributed by atoms with Gasteiger partial charge in [0.2, 0.25) is 0 Å². The van der Waals surface area contributed by atoms with E-state index in [0.29, 0.717) is 12.4 Å². The summed E-state index contributed by atoms with van der Waals surface area (Å²) in [7, 11) is 0. The van der Waals surface area contributed by atoms with Gasteiger partial charge in [-0.3, -0.25) is 4.79 Å². The standard InChI is InChI=1S/C6H13NO2S2/c1-11-3-2-9-6(8)5(7)4-10/h5,10H,2-4,7H2,1H3/t5-/m0/s1. The topological polar surface area (TPSA) is 52.3 Å². The summed E-state index contributed by atoms with van der Waals surface area (Å²) in [6, 6.07) is -0.583. The molecule has 0 aromatic rings. The second-order valence-corrected chi connectivity index (χ2v) is 3.30. The fraction of sp³-hybridized carbons (Fsp3) is 0.833. The Hall–Kier alpha value is 0.130. The molecule has 0 amide bonds. The van der Waals surface area contributed by atoms with Crippen LogP contribution in [0.15, 0.2) is 0 Å². The average Bonchev–Trinajstić information content (AvgIpc) is 2.03. The van der Waals surface area contributed by atoms with E-state index in [0.717, 1.165) is 5.75 Å². The van der Waals surface area contributed by atoms with E-state index in [-0.39, 0.29) is 5.97 Å². The summed E-state index contributed by atoms with van der Waals surface area (Å²) in [6.07, 6.45) is 1.95. The molecule has 2 N–H and O–H groups in total. The van der Waals surface area contributed by atoms with Crippen LogP contribution in [0.1, 0.15) is 0 Å². The van der Waals surface area contributed by atoms with Gasteiger partial charge in [-0.15, -0.1) is 0 Å². The molecule has 5 heteroatoms. The molecule has 1 atom stereocenters. The quantitative estimate of drug-likeness (QED) is 0.372. The number of ether oxygens (including phenoxy) is 1. The molecular weight excluding hydrogens is 182 g/mol. The van der Waals surface area contributed by atoms with Crippen LogP contribution >= 0.6 is 24.4 Å². The van der Waals surface area contributed by atoms with Gasteiger partial charge in [0.25, 0.3) is 0 Å². The predicted octanol–water partition coefficient (Wildman–Crippen LogP) is 0.150. The van der Waals surface area contributed by atoms with Crippen molar-refractivity contribution in [3.05, 3.63) is 0 Å². The van der Waals surface area contributed by atoms with Gasteiger partial charge in [0.1, 0.15) is 12.6 Å². The van der Waals surface area contributed by atoms with Gasteiger partial charge in [0.05, 0.1) is 0 Å². The van der Waals surface area contributed by atoms with Crippen molar-refractivity contribution in [2.75, 3.05) is 24.4 Å². The number of nitrogens with two attached hydrogens (primary N) is 1. The number of thioether (sulfide) groups is 1. The highest BCUT2D eigenvalue weighted by Crippen LogP contribution is 1.93. The number of carbonyl (C=O) groups is 1. The molecule has 0 radical (unpaired) electrons. The van der Waals surface area contributed by atoms with Crippen molar-refractivity contribution in [2.45, 2.75) is 6.04 Å². The maximum Gasteiger partial charge on any atom is 0.323 e. The van der Waals surface area contributed by atoms with E-state index < -0.39 is 6.04 Å². The molecule has 0 aromatic carbocycles. The van der Waals surface area contributed by atoms with Crippen LogP contribution in [0, 0.1) is 0 Å². The van der Waals surface area contributed by atoms with Gasteiger partial charge in [-0.2, -0.15) is 24.4 Å². The normalized spacial score (nSPS) is 12.6. The molecule has 0 rings (SSSR count). The Labute approximate surface area is 76.5 Å². The first-order valence-corrected chi connectivity index (χ1v) is 5.27. The molecule has 0 spiro atoms. The molecule has 0 aliphatic heterocycles. The summed E-state index contributed by atoms with van der Waals surface area (Å²) < 4.78 is 4.80. The number of carbonyl (C=O) groups excluding carboxylic acids is 1. The molecule has 0 saturated heterocycles. The zero-order chi connectivity index (χ0) is 8.69. The van der Waals surface area contributed by atoms with Crippen LogP contribution in [0.5, 0.6) is 0 Å². The molecule has 0 aromatic heterocycles. The summed E-state index contributed by atoms with van der Waals surface area (Å²) in [6.45, 7) is 0.432. The molecule has 11 heavy (non-hydrogen) atoms. The summed E-state index contributed by atoms with van der Waals surface area (Å²) >= 11 is 5.49. The molecule has 0 saturated carbocycles. The first-order chi connectivity index (χ1) is 5.22. The van der Waals surface area contributed by atoms with Gasteiger partial charge in [0, 0.05) is 11.5 Å². The first-order valence-electron chi connectivity index (χ1n) is 3.24. The highest BCUT2D eigenvalue weighted by Gasteiger charge is 2.11. The Balaban J connectivity index is 3.36. The number of rotatable bonds is 5. The first kappa shape index (κ1) is 11.1. The number of thiol groups is 1. The highest BCUT2D eigenvalue weighted by atomic mass is 32.2. The minimum absolute atomic E-state index is 0.331. The van der Waals surface area contributed by atoms with E-state index in [4.69, 9.17) is 10.5 Å². The number of hydrogen-bond acceptors (Lipinski definition) is 5. The van der Waals surface area contributed by atoms with E-state index in [1.807, 2.05) is 6.26 Å². The largest absolute Gasteiger partial charge is 0.464 e. The van der Waals surface area contributed by atoms with Gasteiger partial charge >= 0.3 is 5.97 Å². The van der Waals surface area contributed by atoms with Crippen LogP contribution < -0.4 is 5.73 Å². The fourth-order valence-electron chi connectivity index (χ4n) is 0.407. The molecule has 0 heterocycles. The van der Waals surface area contributed by atoms with Gasteiger partial charge in [0.15, 0.2) is 0 Å². The zero-order valence-electron chi connectivity index (χ0n) is 6.45. The lowest BCUT2D eigenvalue weighted by Gasteiger charge is -2.07. The summed E-state index contributed by atoms with van der Waals surface area (Å²) in [5.41, 5.74) is 5.34. The highest BCUT2D eigenvalue weighted by molar-refractivity contribution is 7.98. The third-order valence-corrected chi connectivity index (χ3v) is 2.00. The number of hydrogen-bond donors (Lipinski definition) is 2. The van der Waals surface area contributed by atoms with Crippen LogP contribution in [0.3, 0.4) is 0 Å². The Kier molecular flexibility index (Phi) is 6.90. The lowest BCUT2D eigenvalue weighted by molar-refractivity contribution is -0.143. The van der Waals surface area contributed by atoms with Crippen molar-refractivity contribution in [3.63, 3.8) is 0 Å². The molecule has 0 aliphatic carbocycles. The smallest absolute Gasteiger partial charge is 0.323 e. The van der Waals surface area contributed by atoms with E-state index in [1.54, 1.807) is 11.8 Å². The van der Waals surface area contributed by atoms with Crippen molar-refractivity contribution in [1.29, 1.82) is 0 Å². The van der Waals surface area contributed by atoms with Crippen LogP contribution in [0.2, 0.25) is 0 Å². The minimum Gasteiger partial charge on any atom is -0.464 e. The Bertz CT molecular complexity index is 121. The van der Waals surface area contributed by atoms with Crippen LogP contribution in [-0.4, -0.2) is 36.4 Å². The van der Waals surface area contributed by atoms with Crippen molar-refractivity contribution in [2.24, 2.45) is 5.73 Å². The van der Waals surface area contributed by atoms with Crippen molar-refractivity contribution < 1.29 is 9.53 Å². The lowest BCUT2D eigenvalue weighted by Crippen LogP contribution is -2.34. The Morgan fingerprint density at radius 1 is 1.82 bits per heavy atom. The minimum atomic E-state index is -0.583. The van der Waals surface area contributed by atoms with Crippen molar-refractivity contribution in [1.82, 2.24) is 0 Å². The molecule has 3 nitrogen and oxygen atoms in total. The SMILES string of the molecule is CSCCOC(=O)[C@@H](N)CS. The number of esters is 1. The van der Waals surface area contributed by atoms with E-state index >= 15 is 0 Å². The van der Waals surface area contributed by atoms with Gasteiger partial charge in [-0.25, -0.2) is 0 Å². The maximum absolute atomic E-state index is 10.8. The predicted molar refractivity (Wildman–Crippen MR) is 51.2 cm³/mol. The van der Waals surface area contributed by atoms with Crippen LogP contribution in [0.4, 0.5) is 0 Å². The summed E-state index contributed by atoms with van der Waals surface area (Å²) in [5.74, 6) is 0.775. The monoisotopic (exact) mass is 195 g/mol. The molecule has 0 bridgehead atoms. The third kappa shape index (κ3) is 5.41. The van der Waals surface area contributed by atoms with Gasteiger partial charge in [-0.05, 0) is 6.26 Å². The van der Waals surface area contributed by atoms with E-state index in [9.17, 15) is 4.79 Å². The van der Waals surface area contributed by atoms with Crippen LogP contribution in [0.25, 0.3) is 0 Å². The maximum atomic E-state index is 10.8. The molecular formula is C6H13NO2S2. The Morgan fingerprint density at radius 2 is 2.45 bits per heavy atom. The van der Waals surface area contributed by atoms with Gasteiger partial charge in [-0.1, -0.05) is 0 Å².